The summed E-state index contributed by atoms with van der Waals surface area (Å²) in [5, 5.41) is 8.12. The van der Waals surface area contributed by atoms with E-state index in [4.69, 9.17) is 11.6 Å². The predicted molar refractivity (Wildman–Crippen MR) is 86.6 cm³/mol. The first-order valence-electron chi connectivity index (χ1n) is 7.45. The minimum absolute atomic E-state index is 0.0537. The quantitative estimate of drug-likeness (QED) is 0.941. The van der Waals surface area contributed by atoms with Crippen LogP contribution in [0.5, 0.6) is 0 Å². The molecule has 1 aromatic carbocycles. The molecule has 1 aliphatic heterocycles. The Labute approximate surface area is 134 Å². The molecule has 0 radical (unpaired) electrons. The molecule has 1 atom stereocenters. The second kappa shape index (κ2) is 6.50. The molecule has 1 saturated heterocycles. The van der Waals surface area contributed by atoms with Crippen LogP contribution >= 0.6 is 11.6 Å². The number of carbonyl (C=O) groups is 1. The number of aromatic nitrogens is 2. The average molecular weight is 319 g/mol. The number of likely N-dealkylation sites (N-methyl/N-ethyl adjacent to an activating group) is 1. The Morgan fingerprint density at radius 1 is 1.41 bits per heavy atom. The number of amides is 1. The summed E-state index contributed by atoms with van der Waals surface area (Å²) in [6.45, 7) is 1.65. The minimum Gasteiger partial charge on any atom is -0.334 e. The van der Waals surface area contributed by atoms with Crippen LogP contribution in [0, 0.1) is 0 Å². The van der Waals surface area contributed by atoms with Crippen molar-refractivity contribution >= 4 is 17.5 Å². The summed E-state index contributed by atoms with van der Waals surface area (Å²) in [5.41, 5.74) is 1.51. The highest BCUT2D eigenvalue weighted by atomic mass is 35.5. The van der Waals surface area contributed by atoms with Gasteiger partial charge in [0.2, 0.25) is 0 Å². The molecular formula is C16H19ClN4O. The molecule has 0 unspecified atom stereocenters. The third-order valence-electron chi connectivity index (χ3n) is 4.00. The largest absolute Gasteiger partial charge is 0.334 e. The lowest BCUT2D eigenvalue weighted by atomic mass is 10.2. The first kappa shape index (κ1) is 15.1. The van der Waals surface area contributed by atoms with Crippen molar-refractivity contribution in [2.24, 2.45) is 0 Å². The molecule has 22 heavy (non-hydrogen) atoms. The van der Waals surface area contributed by atoms with Gasteiger partial charge in [0.05, 0.1) is 17.4 Å². The maximum Gasteiger partial charge on any atom is 0.257 e. The number of carbonyl (C=O) groups excluding carboxylic acids is 1. The van der Waals surface area contributed by atoms with Crippen molar-refractivity contribution < 1.29 is 4.79 Å². The summed E-state index contributed by atoms with van der Waals surface area (Å²) in [4.78, 5) is 14.6. The summed E-state index contributed by atoms with van der Waals surface area (Å²) in [6.07, 6.45) is 5.52. The van der Waals surface area contributed by atoms with Crippen LogP contribution in [0.2, 0.25) is 5.02 Å². The van der Waals surface area contributed by atoms with Gasteiger partial charge in [0.1, 0.15) is 0 Å². The van der Waals surface area contributed by atoms with E-state index in [2.05, 4.69) is 10.4 Å². The summed E-state index contributed by atoms with van der Waals surface area (Å²) in [6, 6.07) is 7.65. The first-order valence-corrected chi connectivity index (χ1v) is 7.83. The Balaban J connectivity index is 1.78. The summed E-state index contributed by atoms with van der Waals surface area (Å²) in [5.74, 6) is 0.0537. The van der Waals surface area contributed by atoms with Crippen molar-refractivity contribution in [2.45, 2.75) is 18.9 Å². The van der Waals surface area contributed by atoms with E-state index < -0.39 is 0 Å². The maximum atomic E-state index is 12.7. The van der Waals surface area contributed by atoms with Crippen molar-refractivity contribution in [3.05, 3.63) is 47.2 Å². The number of nitrogens with zero attached hydrogens (tertiary/aromatic N) is 3. The lowest BCUT2D eigenvalue weighted by Crippen LogP contribution is -2.40. The highest BCUT2D eigenvalue weighted by molar-refractivity contribution is 6.30. The van der Waals surface area contributed by atoms with Crippen molar-refractivity contribution in [3.63, 3.8) is 0 Å². The standard InChI is InChI=1S/C16H19ClN4O/c1-18-10-15-3-2-8-20(15)16(22)12-9-19-21(11-12)14-6-4-13(17)5-7-14/h4-7,9,11,15,18H,2-3,8,10H2,1H3/t15-/m1/s1. The lowest BCUT2D eigenvalue weighted by molar-refractivity contribution is 0.0737. The number of hydrogen-bond acceptors (Lipinski definition) is 3. The van der Waals surface area contributed by atoms with Crippen molar-refractivity contribution in [2.75, 3.05) is 20.1 Å². The molecule has 0 bridgehead atoms. The topological polar surface area (TPSA) is 50.2 Å². The first-order chi connectivity index (χ1) is 10.7. The van der Waals surface area contributed by atoms with Gasteiger partial charge in [-0.3, -0.25) is 4.79 Å². The van der Waals surface area contributed by atoms with Crippen LogP contribution in [0.3, 0.4) is 0 Å². The minimum atomic E-state index is 0.0537. The molecule has 2 aromatic rings. The number of benzene rings is 1. The number of halogens is 1. The number of likely N-dealkylation sites (tertiary alicyclic amines) is 1. The zero-order chi connectivity index (χ0) is 15.5. The highest BCUT2D eigenvalue weighted by Crippen LogP contribution is 2.20. The van der Waals surface area contributed by atoms with E-state index in [1.54, 1.807) is 17.1 Å². The van der Waals surface area contributed by atoms with Gasteiger partial charge in [0.25, 0.3) is 5.91 Å². The molecule has 6 heteroatoms. The molecule has 0 aliphatic carbocycles. The van der Waals surface area contributed by atoms with Crippen LogP contribution in [0.15, 0.2) is 36.7 Å². The Hall–Kier alpha value is -1.85. The molecule has 116 valence electrons. The molecule has 1 N–H and O–H groups in total. The molecule has 3 rings (SSSR count). The fraction of sp³-hybridized carbons (Fsp3) is 0.375. The monoisotopic (exact) mass is 318 g/mol. The van der Waals surface area contributed by atoms with Crippen molar-refractivity contribution in [1.82, 2.24) is 20.0 Å². The molecule has 1 amide bonds. The Kier molecular flexibility index (Phi) is 4.45. The van der Waals surface area contributed by atoms with Gasteiger partial charge < -0.3 is 10.2 Å². The van der Waals surface area contributed by atoms with E-state index in [0.717, 1.165) is 31.6 Å². The van der Waals surface area contributed by atoms with Gasteiger partial charge in [-0.2, -0.15) is 5.10 Å². The second-order valence-corrected chi connectivity index (χ2v) is 5.94. The highest BCUT2D eigenvalue weighted by Gasteiger charge is 2.29. The molecule has 1 fully saturated rings. The smallest absolute Gasteiger partial charge is 0.257 e. The van der Waals surface area contributed by atoms with Crippen LogP contribution in [0.4, 0.5) is 0 Å². The van der Waals surface area contributed by atoms with Crippen LogP contribution in [0.1, 0.15) is 23.2 Å². The lowest BCUT2D eigenvalue weighted by Gasteiger charge is -2.23. The average Bonchev–Trinajstić information content (AvgIpc) is 3.17. The summed E-state index contributed by atoms with van der Waals surface area (Å²) in [7, 11) is 1.92. The van der Waals surface area contributed by atoms with Crippen molar-refractivity contribution in [1.29, 1.82) is 0 Å². The van der Waals surface area contributed by atoms with Gasteiger partial charge in [-0.05, 0) is 44.2 Å². The zero-order valence-electron chi connectivity index (χ0n) is 12.5. The molecule has 1 aromatic heterocycles. The second-order valence-electron chi connectivity index (χ2n) is 5.50. The van der Waals surface area contributed by atoms with Gasteiger partial charge in [0.15, 0.2) is 0 Å². The molecular weight excluding hydrogens is 300 g/mol. The molecule has 5 nitrogen and oxygen atoms in total. The van der Waals surface area contributed by atoms with Gasteiger partial charge >= 0.3 is 0 Å². The fourth-order valence-corrected chi connectivity index (χ4v) is 3.01. The van der Waals surface area contributed by atoms with E-state index in [1.165, 1.54) is 0 Å². The third-order valence-corrected chi connectivity index (χ3v) is 4.25. The molecule has 0 saturated carbocycles. The number of rotatable bonds is 4. The Bertz CT molecular complexity index is 652. The summed E-state index contributed by atoms with van der Waals surface area (Å²) >= 11 is 5.89. The fourth-order valence-electron chi connectivity index (χ4n) is 2.89. The van der Waals surface area contributed by atoms with Gasteiger partial charge in [0, 0.05) is 30.4 Å². The van der Waals surface area contributed by atoms with E-state index in [1.807, 2.05) is 36.2 Å². The van der Waals surface area contributed by atoms with Crippen LogP contribution < -0.4 is 5.32 Å². The zero-order valence-corrected chi connectivity index (χ0v) is 13.3. The van der Waals surface area contributed by atoms with E-state index in [-0.39, 0.29) is 11.9 Å². The Morgan fingerprint density at radius 3 is 2.91 bits per heavy atom. The van der Waals surface area contributed by atoms with E-state index >= 15 is 0 Å². The van der Waals surface area contributed by atoms with Gasteiger partial charge in [-0.1, -0.05) is 11.6 Å². The van der Waals surface area contributed by atoms with Gasteiger partial charge in [-0.15, -0.1) is 0 Å². The third kappa shape index (κ3) is 3.00. The van der Waals surface area contributed by atoms with E-state index in [0.29, 0.717) is 10.6 Å². The SMILES string of the molecule is CNC[C@H]1CCCN1C(=O)c1cnn(-c2ccc(Cl)cc2)c1. The Morgan fingerprint density at radius 2 is 2.18 bits per heavy atom. The van der Waals surface area contributed by atoms with Gasteiger partial charge in [-0.25, -0.2) is 4.68 Å². The summed E-state index contributed by atoms with van der Waals surface area (Å²) < 4.78 is 1.70. The normalized spacial score (nSPS) is 17.9. The molecule has 2 heterocycles. The van der Waals surface area contributed by atoms with Crippen molar-refractivity contribution in [3.8, 4) is 5.69 Å². The maximum absolute atomic E-state index is 12.7. The van der Waals surface area contributed by atoms with Crippen LogP contribution in [-0.2, 0) is 0 Å². The molecule has 0 spiro atoms. The van der Waals surface area contributed by atoms with E-state index in [9.17, 15) is 4.79 Å². The number of hydrogen-bond donors (Lipinski definition) is 1. The van der Waals surface area contributed by atoms with Crippen LogP contribution in [0.25, 0.3) is 5.69 Å². The number of nitrogens with one attached hydrogen (secondary N) is 1. The predicted octanol–water partition coefficient (Wildman–Crippen LogP) is 2.35. The molecule has 1 aliphatic rings. The van der Waals surface area contributed by atoms with Crippen LogP contribution in [-0.4, -0.2) is 46.8 Å².